The van der Waals surface area contributed by atoms with Crippen LogP contribution in [-0.4, -0.2) is 28.8 Å². The Morgan fingerprint density at radius 3 is 2.57 bits per heavy atom. The fraction of sp³-hybridized carbons (Fsp3) is 0.900. The Labute approximate surface area is 88.7 Å². The first-order chi connectivity index (χ1) is 6.61. The van der Waals surface area contributed by atoms with Crippen LogP contribution in [-0.2, 0) is 20.3 Å². The number of ether oxygens (including phenoxy) is 1. The third kappa shape index (κ3) is 6.13. The van der Waals surface area contributed by atoms with E-state index in [0.29, 0.717) is 11.5 Å². The van der Waals surface area contributed by atoms with Gasteiger partial charge in [0, 0.05) is 22.3 Å². The van der Waals surface area contributed by atoms with E-state index in [9.17, 15) is 9.00 Å². The van der Waals surface area contributed by atoms with Gasteiger partial charge in [0.05, 0.1) is 13.0 Å². The summed E-state index contributed by atoms with van der Waals surface area (Å²) in [6, 6.07) is 0. The Hall–Kier alpha value is -0.380. The number of esters is 1. The molecule has 0 saturated heterocycles. The van der Waals surface area contributed by atoms with Crippen molar-refractivity contribution in [1.29, 1.82) is 0 Å². The summed E-state index contributed by atoms with van der Waals surface area (Å²) in [7, 11) is 0.485. The van der Waals surface area contributed by atoms with Gasteiger partial charge in [0.25, 0.3) is 0 Å². The molecule has 0 rings (SSSR count). The van der Waals surface area contributed by atoms with Crippen molar-refractivity contribution in [3.05, 3.63) is 0 Å². The van der Waals surface area contributed by atoms with E-state index in [1.54, 1.807) is 6.92 Å². The van der Waals surface area contributed by atoms with E-state index in [-0.39, 0.29) is 11.9 Å². The van der Waals surface area contributed by atoms with Gasteiger partial charge in [-0.3, -0.25) is 9.00 Å². The van der Waals surface area contributed by atoms with Crippen molar-refractivity contribution in [3.8, 4) is 0 Å². The molecule has 14 heavy (non-hydrogen) atoms. The highest BCUT2D eigenvalue weighted by atomic mass is 32.2. The summed E-state index contributed by atoms with van der Waals surface area (Å²) in [6.45, 7) is 3.86. The van der Waals surface area contributed by atoms with Crippen LogP contribution in [0.15, 0.2) is 0 Å². The average molecular weight is 220 g/mol. The number of hydrogen-bond donors (Lipinski definition) is 0. The minimum absolute atomic E-state index is 0.248. The Morgan fingerprint density at radius 2 is 2.07 bits per heavy atom. The lowest BCUT2D eigenvalue weighted by atomic mass is 10.2. The minimum Gasteiger partial charge on any atom is -0.469 e. The van der Waals surface area contributed by atoms with Gasteiger partial charge in [-0.25, -0.2) is 0 Å². The number of carbonyl (C=O) groups is 1. The Morgan fingerprint density at radius 1 is 1.43 bits per heavy atom. The van der Waals surface area contributed by atoms with Gasteiger partial charge in [-0.15, -0.1) is 0 Å². The van der Waals surface area contributed by atoms with Gasteiger partial charge < -0.3 is 4.74 Å². The highest BCUT2D eigenvalue weighted by Crippen LogP contribution is 2.03. The number of rotatable bonds is 7. The fourth-order valence-electron chi connectivity index (χ4n) is 1.14. The maximum Gasteiger partial charge on any atom is 0.309 e. The van der Waals surface area contributed by atoms with E-state index < -0.39 is 10.8 Å². The predicted molar refractivity (Wildman–Crippen MR) is 58.6 cm³/mol. The lowest BCUT2D eigenvalue weighted by Gasteiger charge is -2.08. The third-order valence-electron chi connectivity index (χ3n) is 2.02. The summed E-state index contributed by atoms with van der Waals surface area (Å²) in [5.41, 5.74) is 0. The zero-order chi connectivity index (χ0) is 11.0. The SMILES string of the molecule is CCCCCS(=O)CC(C)C(=O)OC. The highest BCUT2D eigenvalue weighted by Gasteiger charge is 2.15. The van der Waals surface area contributed by atoms with Crippen LogP contribution in [0.5, 0.6) is 0 Å². The molecule has 0 aliphatic heterocycles. The summed E-state index contributed by atoms with van der Waals surface area (Å²) < 4.78 is 16.0. The van der Waals surface area contributed by atoms with Gasteiger partial charge in [-0.1, -0.05) is 26.7 Å². The van der Waals surface area contributed by atoms with Crippen LogP contribution in [0, 0.1) is 5.92 Å². The van der Waals surface area contributed by atoms with Gasteiger partial charge in [-0.2, -0.15) is 0 Å². The molecular weight excluding hydrogens is 200 g/mol. The predicted octanol–water partition coefficient (Wildman–Crippen LogP) is 1.73. The molecule has 0 spiro atoms. The maximum absolute atomic E-state index is 11.5. The van der Waals surface area contributed by atoms with Crippen molar-refractivity contribution in [2.45, 2.75) is 33.1 Å². The van der Waals surface area contributed by atoms with E-state index in [2.05, 4.69) is 11.7 Å². The molecule has 0 heterocycles. The van der Waals surface area contributed by atoms with E-state index in [0.717, 1.165) is 19.3 Å². The molecular formula is C10H20O3S. The van der Waals surface area contributed by atoms with Crippen LogP contribution < -0.4 is 0 Å². The van der Waals surface area contributed by atoms with E-state index in [1.807, 2.05) is 0 Å². The molecule has 0 N–H and O–H groups in total. The average Bonchev–Trinajstić information content (AvgIpc) is 2.16. The molecule has 0 bridgehead atoms. The Balaban J connectivity index is 3.65. The van der Waals surface area contributed by atoms with Crippen LogP contribution >= 0.6 is 0 Å². The van der Waals surface area contributed by atoms with Crippen molar-refractivity contribution >= 4 is 16.8 Å². The van der Waals surface area contributed by atoms with Crippen molar-refractivity contribution in [1.82, 2.24) is 0 Å². The van der Waals surface area contributed by atoms with Crippen LogP contribution in [0.1, 0.15) is 33.1 Å². The topological polar surface area (TPSA) is 43.4 Å². The summed E-state index contributed by atoms with van der Waals surface area (Å²) >= 11 is 0. The molecule has 0 radical (unpaired) electrons. The van der Waals surface area contributed by atoms with Crippen molar-refractivity contribution in [3.63, 3.8) is 0 Å². The van der Waals surface area contributed by atoms with Crippen molar-refractivity contribution < 1.29 is 13.7 Å². The summed E-state index contributed by atoms with van der Waals surface area (Å²) in [6.07, 6.45) is 3.22. The molecule has 4 heteroatoms. The van der Waals surface area contributed by atoms with Crippen molar-refractivity contribution in [2.24, 2.45) is 5.92 Å². The summed E-state index contributed by atoms with van der Waals surface area (Å²) in [5.74, 6) is 0.613. The van der Waals surface area contributed by atoms with Crippen LogP contribution in [0.2, 0.25) is 0 Å². The molecule has 0 aromatic heterocycles. The normalized spacial score (nSPS) is 14.8. The van der Waals surface area contributed by atoms with Gasteiger partial charge in [0.2, 0.25) is 0 Å². The first-order valence-electron chi connectivity index (χ1n) is 5.04. The zero-order valence-corrected chi connectivity index (χ0v) is 10.1. The molecule has 0 aromatic rings. The lowest BCUT2D eigenvalue weighted by Crippen LogP contribution is -2.20. The number of unbranched alkanes of at least 4 members (excludes halogenated alkanes) is 2. The van der Waals surface area contributed by atoms with E-state index in [4.69, 9.17) is 0 Å². The molecule has 84 valence electrons. The molecule has 0 aliphatic rings. The fourth-order valence-corrected chi connectivity index (χ4v) is 2.53. The van der Waals surface area contributed by atoms with E-state index in [1.165, 1.54) is 7.11 Å². The molecule has 0 aliphatic carbocycles. The van der Waals surface area contributed by atoms with Gasteiger partial charge in [-0.05, 0) is 6.42 Å². The first-order valence-corrected chi connectivity index (χ1v) is 6.53. The number of carbonyl (C=O) groups excluding carboxylic acids is 1. The second-order valence-electron chi connectivity index (χ2n) is 3.44. The molecule has 3 nitrogen and oxygen atoms in total. The minimum atomic E-state index is -0.875. The van der Waals surface area contributed by atoms with Crippen LogP contribution in [0.3, 0.4) is 0 Å². The molecule has 0 amide bonds. The third-order valence-corrected chi connectivity index (χ3v) is 3.63. The lowest BCUT2D eigenvalue weighted by molar-refractivity contribution is -0.144. The monoisotopic (exact) mass is 220 g/mol. The summed E-state index contributed by atoms with van der Waals surface area (Å²) in [5, 5.41) is 0. The van der Waals surface area contributed by atoms with Crippen LogP contribution in [0.4, 0.5) is 0 Å². The second-order valence-corrected chi connectivity index (χ2v) is 5.06. The molecule has 0 aromatic carbocycles. The van der Waals surface area contributed by atoms with Gasteiger partial charge >= 0.3 is 5.97 Å². The van der Waals surface area contributed by atoms with Crippen molar-refractivity contribution in [2.75, 3.05) is 18.6 Å². The number of hydrogen-bond acceptors (Lipinski definition) is 3. The molecule has 2 atom stereocenters. The van der Waals surface area contributed by atoms with E-state index >= 15 is 0 Å². The zero-order valence-electron chi connectivity index (χ0n) is 9.25. The summed E-state index contributed by atoms with van der Waals surface area (Å²) in [4.78, 5) is 11.0. The smallest absolute Gasteiger partial charge is 0.309 e. The standard InChI is InChI=1S/C10H20O3S/c1-4-5-6-7-14(12)8-9(2)10(11)13-3/h9H,4-8H2,1-3H3. The highest BCUT2D eigenvalue weighted by molar-refractivity contribution is 7.85. The van der Waals surface area contributed by atoms with Gasteiger partial charge in [0.15, 0.2) is 0 Å². The Kier molecular flexibility index (Phi) is 7.76. The maximum atomic E-state index is 11.5. The molecule has 0 fully saturated rings. The van der Waals surface area contributed by atoms with Crippen LogP contribution in [0.25, 0.3) is 0 Å². The quantitative estimate of drug-likeness (QED) is 0.485. The molecule has 0 saturated carbocycles. The first kappa shape index (κ1) is 13.6. The largest absolute Gasteiger partial charge is 0.469 e. The Bertz CT molecular complexity index is 192. The number of methoxy groups -OCH3 is 1. The molecule has 2 unspecified atom stereocenters. The van der Waals surface area contributed by atoms with Gasteiger partial charge in [0.1, 0.15) is 0 Å². The second kappa shape index (κ2) is 7.97.